The minimum Gasteiger partial charge on any atom is -0.379 e. The van der Waals surface area contributed by atoms with Gasteiger partial charge < -0.3 is 10.1 Å². The smallest absolute Gasteiger partial charge is 0.0594 e. The number of hydrogen-bond acceptors (Lipinski definition) is 5. The molecule has 2 atom stereocenters. The number of morpholine rings is 1. The molecule has 1 aromatic heterocycles. The van der Waals surface area contributed by atoms with Gasteiger partial charge in [0.05, 0.1) is 19.4 Å². The Balaban J connectivity index is 1.61. The SMILES string of the molecule is CC(NCC1(N2CCOCC2)CCSC1)c1cnn(C(C)C)c1. The van der Waals surface area contributed by atoms with Gasteiger partial charge in [0, 0.05) is 54.8 Å². The summed E-state index contributed by atoms with van der Waals surface area (Å²) in [5.74, 6) is 2.51. The molecule has 1 aromatic rings. The van der Waals surface area contributed by atoms with Crippen LogP contribution in [0.3, 0.4) is 0 Å². The van der Waals surface area contributed by atoms with Gasteiger partial charge in [0.2, 0.25) is 0 Å². The van der Waals surface area contributed by atoms with Crippen molar-refractivity contribution < 1.29 is 4.74 Å². The van der Waals surface area contributed by atoms with Crippen molar-refractivity contribution >= 4 is 11.8 Å². The average molecular weight is 339 g/mol. The molecule has 5 nitrogen and oxygen atoms in total. The Bertz CT molecular complexity index is 493. The molecule has 0 bridgehead atoms. The molecule has 2 aliphatic heterocycles. The van der Waals surface area contributed by atoms with E-state index in [1.807, 2.05) is 10.9 Å². The third kappa shape index (κ3) is 3.92. The van der Waals surface area contributed by atoms with Gasteiger partial charge in [0.15, 0.2) is 0 Å². The van der Waals surface area contributed by atoms with Crippen molar-refractivity contribution in [2.24, 2.45) is 0 Å². The molecule has 0 aromatic carbocycles. The maximum atomic E-state index is 5.54. The van der Waals surface area contributed by atoms with E-state index in [9.17, 15) is 0 Å². The first-order valence-electron chi connectivity index (χ1n) is 8.79. The van der Waals surface area contributed by atoms with Crippen LogP contribution in [-0.2, 0) is 4.74 Å². The molecule has 2 unspecified atom stereocenters. The highest BCUT2D eigenvalue weighted by Gasteiger charge is 2.40. The quantitative estimate of drug-likeness (QED) is 0.862. The van der Waals surface area contributed by atoms with Crippen LogP contribution in [0.4, 0.5) is 0 Å². The third-order valence-electron chi connectivity index (χ3n) is 5.15. The average Bonchev–Trinajstić information content (AvgIpc) is 3.24. The van der Waals surface area contributed by atoms with Crippen LogP contribution in [-0.4, -0.2) is 64.6 Å². The predicted molar refractivity (Wildman–Crippen MR) is 96.1 cm³/mol. The highest BCUT2D eigenvalue weighted by atomic mass is 32.2. The van der Waals surface area contributed by atoms with Crippen molar-refractivity contribution in [1.82, 2.24) is 20.0 Å². The number of ether oxygens (including phenoxy) is 1. The molecule has 3 heterocycles. The topological polar surface area (TPSA) is 42.3 Å². The van der Waals surface area contributed by atoms with Crippen molar-refractivity contribution in [3.05, 3.63) is 18.0 Å². The lowest BCUT2D eigenvalue weighted by Gasteiger charge is -2.43. The standard InChI is InChI=1S/C17H30N4OS/c1-14(2)21-11-16(10-19-21)15(3)18-12-17(4-9-23-13-17)20-5-7-22-8-6-20/h10-11,14-15,18H,4-9,12-13H2,1-3H3. The van der Waals surface area contributed by atoms with Crippen LogP contribution in [0, 0.1) is 0 Å². The van der Waals surface area contributed by atoms with Gasteiger partial charge in [0.1, 0.15) is 0 Å². The normalized spacial score (nSPS) is 27.7. The van der Waals surface area contributed by atoms with Gasteiger partial charge in [-0.15, -0.1) is 0 Å². The molecule has 130 valence electrons. The van der Waals surface area contributed by atoms with Crippen LogP contribution >= 0.6 is 11.8 Å². The summed E-state index contributed by atoms with van der Waals surface area (Å²) >= 11 is 2.09. The Hall–Kier alpha value is -0.560. The van der Waals surface area contributed by atoms with Crippen LogP contribution < -0.4 is 5.32 Å². The molecule has 2 aliphatic rings. The van der Waals surface area contributed by atoms with Crippen molar-refractivity contribution in [3.8, 4) is 0 Å². The van der Waals surface area contributed by atoms with Crippen LogP contribution in [0.25, 0.3) is 0 Å². The lowest BCUT2D eigenvalue weighted by atomic mass is 9.95. The number of thioether (sulfide) groups is 1. The van der Waals surface area contributed by atoms with Crippen molar-refractivity contribution in [3.63, 3.8) is 0 Å². The molecule has 0 saturated carbocycles. The molecular weight excluding hydrogens is 308 g/mol. The zero-order valence-electron chi connectivity index (χ0n) is 14.6. The fourth-order valence-corrected chi connectivity index (χ4v) is 4.93. The zero-order chi connectivity index (χ0) is 16.3. The maximum absolute atomic E-state index is 5.54. The Morgan fingerprint density at radius 3 is 2.74 bits per heavy atom. The molecule has 0 spiro atoms. The van der Waals surface area contributed by atoms with Gasteiger partial charge in [-0.2, -0.15) is 16.9 Å². The molecular formula is C17H30N4OS. The highest BCUT2D eigenvalue weighted by molar-refractivity contribution is 7.99. The van der Waals surface area contributed by atoms with Gasteiger partial charge in [-0.25, -0.2) is 0 Å². The number of aromatic nitrogens is 2. The van der Waals surface area contributed by atoms with Gasteiger partial charge >= 0.3 is 0 Å². The monoisotopic (exact) mass is 338 g/mol. The van der Waals surface area contributed by atoms with E-state index < -0.39 is 0 Å². The van der Waals surface area contributed by atoms with Gasteiger partial charge in [-0.05, 0) is 32.9 Å². The second-order valence-electron chi connectivity index (χ2n) is 7.08. The number of nitrogens with one attached hydrogen (secondary N) is 1. The Morgan fingerprint density at radius 1 is 1.35 bits per heavy atom. The third-order valence-corrected chi connectivity index (χ3v) is 6.39. The first-order valence-corrected chi connectivity index (χ1v) is 9.94. The molecule has 2 fully saturated rings. The van der Waals surface area contributed by atoms with Crippen LogP contribution in [0.5, 0.6) is 0 Å². The lowest BCUT2D eigenvalue weighted by Crippen LogP contribution is -2.58. The van der Waals surface area contributed by atoms with Gasteiger partial charge in [-0.3, -0.25) is 9.58 Å². The van der Waals surface area contributed by atoms with E-state index in [0.29, 0.717) is 17.6 Å². The summed E-state index contributed by atoms with van der Waals surface area (Å²) in [5.41, 5.74) is 1.58. The van der Waals surface area contributed by atoms with E-state index in [0.717, 1.165) is 32.8 Å². The van der Waals surface area contributed by atoms with Gasteiger partial charge in [0.25, 0.3) is 0 Å². The summed E-state index contributed by atoms with van der Waals surface area (Å²) in [5, 5.41) is 8.25. The first-order chi connectivity index (χ1) is 11.1. The molecule has 3 rings (SSSR count). The van der Waals surface area contributed by atoms with E-state index in [1.54, 1.807) is 0 Å². The molecule has 2 saturated heterocycles. The molecule has 0 amide bonds. The molecule has 6 heteroatoms. The molecule has 0 aliphatic carbocycles. The second kappa shape index (κ2) is 7.55. The van der Waals surface area contributed by atoms with E-state index in [2.05, 4.69) is 54.0 Å². The maximum Gasteiger partial charge on any atom is 0.0594 e. The van der Waals surface area contributed by atoms with E-state index in [4.69, 9.17) is 4.74 Å². The summed E-state index contributed by atoms with van der Waals surface area (Å²) in [6.45, 7) is 11.5. The predicted octanol–water partition coefficient (Wildman–Crippen LogP) is 2.32. The highest BCUT2D eigenvalue weighted by Crippen LogP contribution is 2.34. The van der Waals surface area contributed by atoms with E-state index in [-0.39, 0.29) is 0 Å². The molecule has 0 radical (unpaired) electrons. The fraction of sp³-hybridized carbons (Fsp3) is 0.824. The van der Waals surface area contributed by atoms with E-state index in [1.165, 1.54) is 23.5 Å². The van der Waals surface area contributed by atoms with Crippen LogP contribution in [0.1, 0.15) is 44.8 Å². The first kappa shape index (κ1) is 17.3. The summed E-state index contributed by atoms with van der Waals surface area (Å²) in [7, 11) is 0. The summed E-state index contributed by atoms with van der Waals surface area (Å²) in [6, 6.07) is 0.757. The number of hydrogen-bond donors (Lipinski definition) is 1. The molecule has 23 heavy (non-hydrogen) atoms. The summed E-state index contributed by atoms with van der Waals surface area (Å²) < 4.78 is 7.58. The van der Waals surface area contributed by atoms with Crippen LogP contribution in [0.15, 0.2) is 12.4 Å². The molecule has 1 N–H and O–H groups in total. The fourth-order valence-electron chi connectivity index (χ4n) is 3.45. The van der Waals surface area contributed by atoms with Crippen LogP contribution in [0.2, 0.25) is 0 Å². The zero-order valence-corrected chi connectivity index (χ0v) is 15.4. The largest absolute Gasteiger partial charge is 0.379 e. The van der Waals surface area contributed by atoms with Crippen molar-refractivity contribution in [2.45, 2.75) is 44.8 Å². The Kier molecular flexibility index (Phi) is 5.67. The van der Waals surface area contributed by atoms with Crippen molar-refractivity contribution in [1.29, 1.82) is 0 Å². The number of rotatable bonds is 6. The summed E-state index contributed by atoms with van der Waals surface area (Å²) in [6.07, 6.45) is 5.46. The minimum absolute atomic E-state index is 0.302. The minimum atomic E-state index is 0.302. The second-order valence-corrected chi connectivity index (χ2v) is 8.18. The lowest BCUT2D eigenvalue weighted by molar-refractivity contribution is -0.0139. The number of nitrogens with zero attached hydrogens (tertiary/aromatic N) is 3. The van der Waals surface area contributed by atoms with E-state index >= 15 is 0 Å². The van der Waals surface area contributed by atoms with Crippen molar-refractivity contribution in [2.75, 3.05) is 44.4 Å². The Morgan fingerprint density at radius 2 is 2.13 bits per heavy atom. The van der Waals surface area contributed by atoms with Gasteiger partial charge in [-0.1, -0.05) is 0 Å². The summed E-state index contributed by atoms with van der Waals surface area (Å²) in [4.78, 5) is 2.66. The Labute approximate surface area is 144 Å².